The van der Waals surface area contributed by atoms with E-state index in [0.29, 0.717) is 18.2 Å². The first kappa shape index (κ1) is 9.48. The Bertz CT molecular complexity index is 347. The average molecular weight is 216 g/mol. The number of halogens is 1. The molecule has 0 amide bonds. The largest absolute Gasteiger partial charge is 0.486 e. The molecule has 1 atom stereocenters. The molecule has 0 aromatic carbocycles. The number of ether oxygens (including phenoxy) is 1. The second kappa shape index (κ2) is 3.59. The van der Waals surface area contributed by atoms with Crippen LogP contribution in [0.3, 0.4) is 0 Å². The monoisotopic (exact) mass is 215 g/mol. The summed E-state index contributed by atoms with van der Waals surface area (Å²) in [4.78, 5) is 9.69. The lowest BCUT2D eigenvalue weighted by Gasteiger charge is -2.33. The third kappa shape index (κ3) is 1.49. The molecule has 76 valence electrons. The van der Waals surface area contributed by atoms with Gasteiger partial charge in [-0.3, -0.25) is 0 Å². The van der Waals surface area contributed by atoms with Gasteiger partial charge in [0, 0.05) is 7.05 Å². The van der Waals surface area contributed by atoms with Gasteiger partial charge in [-0.2, -0.15) is 4.98 Å². The van der Waals surface area contributed by atoms with Gasteiger partial charge in [-0.25, -0.2) is 4.98 Å². The van der Waals surface area contributed by atoms with E-state index in [1.54, 1.807) is 0 Å². The highest BCUT2D eigenvalue weighted by Gasteiger charge is 2.25. The van der Waals surface area contributed by atoms with Gasteiger partial charge < -0.3 is 14.7 Å². The van der Waals surface area contributed by atoms with Crippen molar-refractivity contribution in [3.8, 4) is 5.75 Å². The average Bonchev–Trinajstić information content (AvgIpc) is 2.20. The quantitative estimate of drug-likeness (QED) is 0.684. The van der Waals surface area contributed by atoms with Crippen LogP contribution in [-0.2, 0) is 0 Å². The first-order valence-corrected chi connectivity index (χ1v) is 4.59. The maximum Gasteiger partial charge on any atom is 0.224 e. The molecule has 0 fully saturated rings. The lowest BCUT2D eigenvalue weighted by Crippen LogP contribution is -2.43. The van der Waals surface area contributed by atoms with E-state index in [1.165, 1.54) is 6.20 Å². The van der Waals surface area contributed by atoms with Gasteiger partial charge in [-0.15, -0.1) is 0 Å². The van der Waals surface area contributed by atoms with E-state index in [1.807, 2.05) is 11.9 Å². The molecule has 2 heterocycles. The van der Waals surface area contributed by atoms with Crippen LogP contribution in [0.4, 0.5) is 5.82 Å². The molecule has 0 bridgehead atoms. The number of fused-ring (bicyclic) bond motifs is 1. The molecule has 0 radical (unpaired) electrons. The number of aliphatic hydroxyl groups is 1. The second-order valence-corrected chi connectivity index (χ2v) is 3.42. The van der Waals surface area contributed by atoms with E-state index in [0.717, 1.165) is 0 Å². The van der Waals surface area contributed by atoms with Crippen molar-refractivity contribution >= 4 is 17.4 Å². The highest BCUT2D eigenvalue weighted by molar-refractivity contribution is 6.28. The zero-order valence-corrected chi connectivity index (χ0v) is 8.40. The third-order valence-electron chi connectivity index (χ3n) is 2.23. The van der Waals surface area contributed by atoms with Crippen molar-refractivity contribution in [2.45, 2.75) is 6.04 Å². The minimum absolute atomic E-state index is 0.0254. The normalized spacial score (nSPS) is 20.2. The van der Waals surface area contributed by atoms with Crippen LogP contribution in [0.15, 0.2) is 6.20 Å². The number of aromatic nitrogens is 2. The number of rotatable bonds is 1. The van der Waals surface area contributed by atoms with Crippen LogP contribution in [0.25, 0.3) is 0 Å². The summed E-state index contributed by atoms with van der Waals surface area (Å²) in [6.07, 6.45) is 1.54. The van der Waals surface area contributed by atoms with Gasteiger partial charge in [0.1, 0.15) is 6.61 Å². The van der Waals surface area contributed by atoms with Crippen LogP contribution >= 0.6 is 11.6 Å². The van der Waals surface area contributed by atoms with Crippen molar-refractivity contribution in [2.75, 3.05) is 25.2 Å². The fourth-order valence-corrected chi connectivity index (χ4v) is 1.47. The molecular formula is C8H10ClN3O2. The molecule has 6 heteroatoms. The molecule has 1 aromatic heterocycles. The first-order chi connectivity index (χ1) is 6.72. The Hall–Kier alpha value is -1.07. The van der Waals surface area contributed by atoms with E-state index >= 15 is 0 Å². The Morgan fingerprint density at radius 1 is 1.79 bits per heavy atom. The number of aliphatic hydroxyl groups excluding tert-OH is 1. The summed E-state index contributed by atoms with van der Waals surface area (Å²) in [5.41, 5.74) is 0. The molecular weight excluding hydrogens is 206 g/mol. The number of anilines is 1. The van der Waals surface area contributed by atoms with E-state index in [-0.39, 0.29) is 17.9 Å². The highest BCUT2D eigenvalue weighted by atomic mass is 35.5. The van der Waals surface area contributed by atoms with Crippen molar-refractivity contribution in [3.63, 3.8) is 0 Å². The molecule has 0 saturated carbocycles. The van der Waals surface area contributed by atoms with Crippen LogP contribution in [0.2, 0.25) is 5.28 Å². The summed E-state index contributed by atoms with van der Waals surface area (Å²) in [7, 11) is 1.84. The fraction of sp³-hybridized carbons (Fsp3) is 0.500. The summed E-state index contributed by atoms with van der Waals surface area (Å²) < 4.78 is 5.37. The van der Waals surface area contributed by atoms with E-state index in [4.69, 9.17) is 21.4 Å². The molecule has 1 aliphatic rings. The lowest BCUT2D eigenvalue weighted by atomic mass is 10.2. The maximum atomic E-state index is 9.06. The minimum Gasteiger partial charge on any atom is -0.486 e. The Balaban J connectivity index is 2.38. The molecule has 1 N–H and O–H groups in total. The Labute approximate surface area is 86.3 Å². The topological polar surface area (TPSA) is 58.5 Å². The van der Waals surface area contributed by atoms with Crippen LogP contribution in [0.5, 0.6) is 5.75 Å². The lowest BCUT2D eigenvalue weighted by molar-refractivity contribution is 0.189. The van der Waals surface area contributed by atoms with Gasteiger partial charge in [0.15, 0.2) is 11.6 Å². The Morgan fingerprint density at radius 2 is 2.57 bits per heavy atom. The van der Waals surface area contributed by atoms with Crippen LogP contribution in [0, 0.1) is 0 Å². The van der Waals surface area contributed by atoms with Crippen molar-refractivity contribution in [1.82, 2.24) is 9.97 Å². The van der Waals surface area contributed by atoms with Crippen LogP contribution in [0.1, 0.15) is 0 Å². The van der Waals surface area contributed by atoms with Crippen LogP contribution in [-0.4, -0.2) is 41.4 Å². The van der Waals surface area contributed by atoms with E-state index in [9.17, 15) is 0 Å². The number of hydrogen-bond donors (Lipinski definition) is 1. The number of nitrogens with zero attached hydrogens (tertiary/aromatic N) is 3. The standard InChI is InChI=1S/C8H10ClN3O2/c1-12-5(3-13)4-14-6-2-10-8(9)11-7(6)12/h2,5,13H,3-4H2,1H3/t5-/m0/s1. The zero-order valence-electron chi connectivity index (χ0n) is 7.64. The number of hydrogen-bond acceptors (Lipinski definition) is 5. The summed E-state index contributed by atoms with van der Waals surface area (Å²) in [6.45, 7) is 0.461. The van der Waals surface area contributed by atoms with Crippen molar-refractivity contribution in [2.24, 2.45) is 0 Å². The predicted octanol–water partition coefficient (Wildman–Crippen LogP) is 0.319. The molecule has 0 spiro atoms. The third-order valence-corrected chi connectivity index (χ3v) is 2.41. The van der Waals surface area contributed by atoms with E-state index in [2.05, 4.69) is 9.97 Å². The summed E-state index contributed by atoms with van der Waals surface area (Å²) in [5, 5.41) is 9.24. The smallest absolute Gasteiger partial charge is 0.224 e. The van der Waals surface area contributed by atoms with Crippen molar-refractivity contribution in [3.05, 3.63) is 11.5 Å². The first-order valence-electron chi connectivity index (χ1n) is 4.21. The molecule has 0 aliphatic carbocycles. The summed E-state index contributed by atoms with van der Waals surface area (Å²) >= 11 is 5.67. The van der Waals surface area contributed by atoms with Gasteiger partial charge in [0.25, 0.3) is 0 Å². The van der Waals surface area contributed by atoms with Crippen molar-refractivity contribution in [1.29, 1.82) is 0 Å². The molecule has 2 rings (SSSR count). The Kier molecular flexibility index (Phi) is 2.43. The second-order valence-electron chi connectivity index (χ2n) is 3.09. The van der Waals surface area contributed by atoms with Gasteiger partial charge in [0.2, 0.25) is 5.28 Å². The van der Waals surface area contributed by atoms with Gasteiger partial charge in [-0.05, 0) is 11.6 Å². The Morgan fingerprint density at radius 3 is 3.29 bits per heavy atom. The molecule has 0 unspecified atom stereocenters. The van der Waals surface area contributed by atoms with Gasteiger partial charge in [-0.1, -0.05) is 0 Å². The predicted molar refractivity (Wildman–Crippen MR) is 51.8 cm³/mol. The SMILES string of the molecule is CN1c2nc(Cl)ncc2OC[C@@H]1CO. The molecule has 1 aliphatic heterocycles. The summed E-state index contributed by atoms with van der Waals surface area (Å²) in [6, 6.07) is -0.0755. The molecule has 1 aromatic rings. The molecule has 0 saturated heterocycles. The van der Waals surface area contributed by atoms with E-state index < -0.39 is 0 Å². The van der Waals surface area contributed by atoms with Crippen molar-refractivity contribution < 1.29 is 9.84 Å². The van der Waals surface area contributed by atoms with Crippen LogP contribution < -0.4 is 9.64 Å². The summed E-state index contributed by atoms with van der Waals surface area (Å²) in [5.74, 6) is 1.22. The molecule has 14 heavy (non-hydrogen) atoms. The number of likely N-dealkylation sites (N-methyl/N-ethyl adjacent to an activating group) is 1. The zero-order chi connectivity index (χ0) is 10.1. The fourth-order valence-electron chi connectivity index (χ4n) is 1.34. The highest BCUT2D eigenvalue weighted by Crippen LogP contribution is 2.30. The van der Waals surface area contributed by atoms with Gasteiger partial charge in [0.05, 0.1) is 18.8 Å². The minimum atomic E-state index is -0.0755. The molecule has 5 nitrogen and oxygen atoms in total. The maximum absolute atomic E-state index is 9.06. The van der Waals surface area contributed by atoms with Gasteiger partial charge >= 0.3 is 0 Å².